The first-order chi connectivity index (χ1) is 14.8. The van der Waals surface area contributed by atoms with Crippen LogP contribution in [0.15, 0.2) is 91.0 Å². The van der Waals surface area contributed by atoms with Gasteiger partial charge < -0.3 is 4.57 Å². The number of hydrogen-bond acceptors (Lipinski definition) is 2. The molecule has 0 aliphatic carbocycles. The minimum atomic E-state index is 0.0294. The lowest BCUT2D eigenvalue weighted by atomic mass is 9.99. The second-order valence-electron chi connectivity index (χ2n) is 7.49. The van der Waals surface area contributed by atoms with E-state index in [0.717, 1.165) is 34.2 Å². The minimum absolute atomic E-state index is 0.0294. The Balaban J connectivity index is 1.75. The van der Waals surface area contributed by atoms with Gasteiger partial charge in [-0.15, -0.1) is 0 Å². The molecule has 0 atom stereocenters. The van der Waals surface area contributed by atoms with Crippen LogP contribution < -0.4 is 0 Å². The first-order valence-corrected chi connectivity index (χ1v) is 10.3. The van der Waals surface area contributed by atoms with E-state index in [9.17, 15) is 4.79 Å². The lowest BCUT2D eigenvalue weighted by molar-refractivity contribution is 0.103. The Morgan fingerprint density at radius 3 is 2.23 bits per heavy atom. The summed E-state index contributed by atoms with van der Waals surface area (Å²) >= 11 is 0. The van der Waals surface area contributed by atoms with E-state index < -0.39 is 0 Å². The fourth-order valence-corrected chi connectivity index (χ4v) is 4.13. The molecule has 5 aromatic rings. The van der Waals surface area contributed by atoms with Crippen LogP contribution in [0.3, 0.4) is 0 Å². The normalized spacial score (nSPS) is 11.2. The third-order valence-corrected chi connectivity index (χ3v) is 5.62. The van der Waals surface area contributed by atoms with Crippen molar-refractivity contribution in [1.82, 2.24) is 9.55 Å². The van der Waals surface area contributed by atoms with Gasteiger partial charge in [-0.25, -0.2) is 4.98 Å². The molecule has 30 heavy (non-hydrogen) atoms. The first-order valence-electron chi connectivity index (χ1n) is 10.3. The van der Waals surface area contributed by atoms with E-state index in [0.29, 0.717) is 17.5 Å². The number of benzene rings is 3. The van der Waals surface area contributed by atoms with E-state index in [2.05, 4.69) is 54.0 Å². The highest BCUT2D eigenvalue weighted by Gasteiger charge is 2.19. The van der Waals surface area contributed by atoms with E-state index in [-0.39, 0.29) is 5.78 Å². The molecule has 0 spiro atoms. The van der Waals surface area contributed by atoms with Crippen LogP contribution in [0.2, 0.25) is 0 Å². The number of rotatable bonds is 5. The van der Waals surface area contributed by atoms with Crippen LogP contribution in [0.4, 0.5) is 0 Å². The largest absolute Gasteiger partial charge is 0.321 e. The van der Waals surface area contributed by atoms with Crippen molar-refractivity contribution >= 4 is 27.7 Å². The maximum atomic E-state index is 13.3. The molecule has 0 saturated carbocycles. The smallest absolute Gasteiger partial charge is 0.194 e. The van der Waals surface area contributed by atoms with Crippen LogP contribution in [0.25, 0.3) is 21.9 Å². The van der Waals surface area contributed by atoms with Gasteiger partial charge in [0, 0.05) is 28.4 Å². The molecule has 0 aliphatic rings. The quantitative estimate of drug-likeness (QED) is 0.343. The van der Waals surface area contributed by atoms with Gasteiger partial charge in [-0.1, -0.05) is 85.8 Å². The highest BCUT2D eigenvalue weighted by molar-refractivity contribution is 6.14. The van der Waals surface area contributed by atoms with Crippen LogP contribution in [0.1, 0.15) is 34.1 Å². The maximum Gasteiger partial charge on any atom is 0.194 e. The van der Waals surface area contributed by atoms with Crippen molar-refractivity contribution in [2.75, 3.05) is 0 Å². The van der Waals surface area contributed by atoms with Crippen LogP contribution in [0.5, 0.6) is 0 Å². The van der Waals surface area contributed by atoms with Crippen molar-refractivity contribution in [2.24, 2.45) is 0 Å². The monoisotopic (exact) mass is 390 g/mol. The zero-order valence-corrected chi connectivity index (χ0v) is 16.9. The average molecular weight is 390 g/mol. The fraction of sp³-hybridized carbons (Fsp3) is 0.111. The summed E-state index contributed by atoms with van der Waals surface area (Å²) in [6.07, 6.45) is 0.705. The molecule has 0 fully saturated rings. The van der Waals surface area contributed by atoms with Crippen LogP contribution >= 0.6 is 0 Å². The molecule has 0 amide bonds. The second-order valence-corrected chi connectivity index (χ2v) is 7.49. The molecule has 0 N–H and O–H groups in total. The SMILES string of the molecule is CCc1nc2c(cc1C(=O)c1ccccc1)c1ccccc1n2Cc1ccccc1. The highest BCUT2D eigenvalue weighted by Crippen LogP contribution is 2.31. The lowest BCUT2D eigenvalue weighted by Gasteiger charge is -2.10. The summed E-state index contributed by atoms with van der Waals surface area (Å²) in [6, 6.07) is 30.3. The summed E-state index contributed by atoms with van der Waals surface area (Å²) in [4.78, 5) is 18.3. The molecule has 0 bridgehead atoms. The molecule has 5 rings (SSSR count). The van der Waals surface area contributed by atoms with Gasteiger partial charge in [0.2, 0.25) is 0 Å². The van der Waals surface area contributed by atoms with E-state index >= 15 is 0 Å². The van der Waals surface area contributed by atoms with Crippen LogP contribution in [-0.2, 0) is 13.0 Å². The number of carbonyl (C=O) groups is 1. The molecule has 2 aromatic heterocycles. The van der Waals surface area contributed by atoms with E-state index in [1.807, 2.05) is 48.5 Å². The third kappa shape index (κ3) is 3.09. The van der Waals surface area contributed by atoms with E-state index in [1.165, 1.54) is 5.56 Å². The molecule has 3 nitrogen and oxygen atoms in total. The van der Waals surface area contributed by atoms with Crippen molar-refractivity contribution in [3.8, 4) is 0 Å². The standard InChI is InChI=1S/C27H22N2O/c1-2-24-23(26(30)20-13-7-4-8-14-20)17-22-21-15-9-10-16-25(21)29(27(22)28-24)18-19-11-5-3-6-12-19/h3-17H,2,18H2,1H3. The number of pyridine rings is 1. The van der Waals surface area contributed by atoms with Crippen molar-refractivity contribution in [1.29, 1.82) is 0 Å². The predicted octanol–water partition coefficient (Wildman–Crippen LogP) is 6.03. The summed E-state index contributed by atoms with van der Waals surface area (Å²) in [5.41, 5.74) is 5.52. The zero-order chi connectivity index (χ0) is 20.5. The number of carbonyl (C=O) groups excluding carboxylic acids is 1. The summed E-state index contributed by atoms with van der Waals surface area (Å²) in [5.74, 6) is 0.0294. The zero-order valence-electron chi connectivity index (χ0n) is 16.9. The molecule has 0 unspecified atom stereocenters. The molecule has 0 saturated heterocycles. The minimum Gasteiger partial charge on any atom is -0.321 e. The van der Waals surface area contributed by atoms with Crippen LogP contribution in [-0.4, -0.2) is 15.3 Å². The highest BCUT2D eigenvalue weighted by atomic mass is 16.1. The van der Waals surface area contributed by atoms with Gasteiger partial charge >= 0.3 is 0 Å². The number of aryl methyl sites for hydroxylation is 1. The first kappa shape index (κ1) is 18.3. The fourth-order valence-electron chi connectivity index (χ4n) is 4.13. The van der Waals surface area contributed by atoms with Gasteiger partial charge in [0.05, 0.1) is 11.2 Å². The predicted molar refractivity (Wildman–Crippen MR) is 122 cm³/mol. The Bertz CT molecular complexity index is 1350. The summed E-state index contributed by atoms with van der Waals surface area (Å²) in [5, 5.41) is 2.15. The molecule has 3 heteroatoms. The van der Waals surface area contributed by atoms with Crippen molar-refractivity contribution in [3.63, 3.8) is 0 Å². The molecule has 3 aromatic carbocycles. The molecule has 0 aliphatic heterocycles. The summed E-state index contributed by atoms with van der Waals surface area (Å²) in [6.45, 7) is 2.80. The topological polar surface area (TPSA) is 34.9 Å². The maximum absolute atomic E-state index is 13.3. The second kappa shape index (κ2) is 7.60. The number of nitrogens with zero attached hydrogens (tertiary/aromatic N) is 2. The summed E-state index contributed by atoms with van der Waals surface area (Å²) < 4.78 is 2.26. The van der Waals surface area contributed by atoms with Gasteiger partial charge in [0.15, 0.2) is 5.78 Å². The van der Waals surface area contributed by atoms with Gasteiger partial charge in [-0.05, 0) is 24.1 Å². The van der Waals surface area contributed by atoms with Crippen molar-refractivity contribution in [2.45, 2.75) is 19.9 Å². The van der Waals surface area contributed by atoms with Crippen molar-refractivity contribution < 1.29 is 4.79 Å². The summed E-state index contributed by atoms with van der Waals surface area (Å²) in [7, 11) is 0. The van der Waals surface area contributed by atoms with E-state index in [4.69, 9.17) is 4.98 Å². The number of hydrogen-bond donors (Lipinski definition) is 0. The lowest BCUT2D eigenvalue weighted by Crippen LogP contribution is -2.08. The number of ketones is 1. The Labute approximate surface area is 175 Å². The Hall–Kier alpha value is -3.72. The van der Waals surface area contributed by atoms with Gasteiger partial charge in [0.25, 0.3) is 0 Å². The number of aromatic nitrogens is 2. The molecular weight excluding hydrogens is 368 g/mol. The number of fused-ring (bicyclic) bond motifs is 3. The Morgan fingerprint density at radius 1 is 0.833 bits per heavy atom. The van der Waals surface area contributed by atoms with Crippen molar-refractivity contribution in [3.05, 3.63) is 113 Å². The van der Waals surface area contributed by atoms with Crippen LogP contribution in [0, 0.1) is 0 Å². The molecule has 146 valence electrons. The van der Waals surface area contributed by atoms with Gasteiger partial charge in [-0.3, -0.25) is 4.79 Å². The molecule has 0 radical (unpaired) electrons. The average Bonchev–Trinajstić information content (AvgIpc) is 3.11. The number of para-hydroxylation sites is 1. The molecule has 2 heterocycles. The van der Waals surface area contributed by atoms with Gasteiger partial charge in [0.1, 0.15) is 5.65 Å². The Morgan fingerprint density at radius 2 is 1.50 bits per heavy atom. The molecular formula is C27H22N2O. The third-order valence-electron chi connectivity index (χ3n) is 5.62. The van der Waals surface area contributed by atoms with Gasteiger partial charge in [-0.2, -0.15) is 0 Å². The Kier molecular flexibility index (Phi) is 4.64. The van der Waals surface area contributed by atoms with E-state index in [1.54, 1.807) is 0 Å².